The van der Waals surface area contributed by atoms with Gasteiger partial charge in [-0.15, -0.1) is 0 Å². The molecule has 2 aromatic rings. The van der Waals surface area contributed by atoms with Crippen LogP contribution in [0.5, 0.6) is 5.75 Å². The molecule has 0 spiro atoms. The molecule has 0 heterocycles. The molecule has 0 aliphatic rings. The van der Waals surface area contributed by atoms with Gasteiger partial charge in [0.15, 0.2) is 0 Å². The fourth-order valence-corrected chi connectivity index (χ4v) is 7.72. The van der Waals surface area contributed by atoms with Crippen LogP contribution < -0.4 is 54.0 Å². The third-order valence-corrected chi connectivity index (χ3v) is 11.8. The first kappa shape index (κ1) is 62.8. The van der Waals surface area contributed by atoms with Gasteiger partial charge in [-0.2, -0.15) is 12.6 Å². The molecular weight excluding hydrogens is 965 g/mol. The minimum absolute atomic E-state index is 0.0230. The molecule has 0 saturated heterocycles. The maximum Gasteiger partial charge on any atom is 0.326 e. The summed E-state index contributed by atoms with van der Waals surface area (Å²) < 4.78 is 0. The van der Waals surface area contributed by atoms with Crippen molar-refractivity contribution < 1.29 is 58.5 Å². The maximum atomic E-state index is 14.0. The smallest absolute Gasteiger partial charge is 0.326 e. The quantitative estimate of drug-likeness (QED) is 0.0318. The number of hydrogen-bond donors (Lipinski definition) is 14. The zero-order valence-electron chi connectivity index (χ0n) is 42.8. The number of rotatable bonds is 32. The Morgan fingerprint density at radius 3 is 1.62 bits per heavy atom. The van der Waals surface area contributed by atoms with Crippen molar-refractivity contribution in [1.29, 1.82) is 0 Å². The Hall–Kier alpha value is -6.30. The van der Waals surface area contributed by atoms with Gasteiger partial charge >= 0.3 is 5.97 Å². The number of nitrogens with two attached hydrogens (primary N) is 2. The summed E-state index contributed by atoms with van der Waals surface area (Å²) in [6.45, 7) is 11.6. The maximum absolute atomic E-state index is 14.0. The second kappa shape index (κ2) is 32.0. The molecule has 2 aromatic carbocycles. The zero-order chi connectivity index (χ0) is 54.9. The van der Waals surface area contributed by atoms with Crippen LogP contribution in [0.4, 0.5) is 0 Å². The molecule has 0 aromatic heterocycles. The number of carboxylic acid groups (broad SMARTS) is 1. The van der Waals surface area contributed by atoms with Crippen LogP contribution in [0.1, 0.15) is 91.7 Å². The number of aliphatic hydroxyl groups excluding tert-OH is 1. The van der Waals surface area contributed by atoms with E-state index in [0.29, 0.717) is 30.4 Å². The predicted molar refractivity (Wildman–Crippen MR) is 276 cm³/mol. The van der Waals surface area contributed by atoms with E-state index in [4.69, 9.17) is 11.5 Å². The van der Waals surface area contributed by atoms with Crippen LogP contribution in [0.25, 0.3) is 0 Å². The number of aromatic hydroxyl groups is 1. The fourth-order valence-electron chi connectivity index (χ4n) is 7.46. The number of aliphatic hydroxyl groups is 1. The highest BCUT2D eigenvalue weighted by Gasteiger charge is 2.35. The molecule has 73 heavy (non-hydrogen) atoms. The summed E-state index contributed by atoms with van der Waals surface area (Å²) in [6, 6.07) is 4.30. The SMILES string of the molecule is CC(C)C[C@H](NC(=O)[C@H](CS)NC(=O)[C@@H](NC(=O)[C@@H](N)CC(C)C)[C@@H](C)O)C(=O)N[C@H](C(=O)N[C@@H](CCCCN)C(=O)NCC(=O)N[C@@H](Cc1ccccc1)C(=O)N[C@@H](Cc1ccc(O)cc1)C(=O)O)C(C)C. The van der Waals surface area contributed by atoms with E-state index >= 15 is 0 Å². The number of phenols is 1. The van der Waals surface area contributed by atoms with Crippen molar-refractivity contribution in [3.8, 4) is 5.75 Å². The minimum atomic E-state index is -1.47. The van der Waals surface area contributed by atoms with Gasteiger partial charge in [0.25, 0.3) is 0 Å². The number of unbranched alkanes of at least 4 members (excludes halogenated alkanes) is 1. The molecule has 0 unspecified atom stereocenters. The average Bonchev–Trinajstić information content (AvgIpc) is 3.32. The lowest BCUT2D eigenvalue weighted by atomic mass is 9.99. The normalized spacial score (nSPS) is 15.0. The van der Waals surface area contributed by atoms with E-state index in [1.165, 1.54) is 31.2 Å². The molecule has 0 aliphatic carbocycles. The molecule has 23 heteroatoms. The molecule has 9 atom stereocenters. The highest BCUT2D eigenvalue weighted by atomic mass is 32.1. The van der Waals surface area contributed by atoms with Crippen LogP contribution in [-0.4, -0.2) is 142 Å². The Morgan fingerprint density at radius 2 is 1.07 bits per heavy atom. The molecule has 0 radical (unpaired) electrons. The van der Waals surface area contributed by atoms with Crippen molar-refractivity contribution in [3.05, 3.63) is 65.7 Å². The van der Waals surface area contributed by atoms with Gasteiger partial charge in [0.1, 0.15) is 48.0 Å². The van der Waals surface area contributed by atoms with Crippen molar-refractivity contribution >= 4 is 65.9 Å². The van der Waals surface area contributed by atoms with Crippen molar-refractivity contribution in [1.82, 2.24) is 42.5 Å². The van der Waals surface area contributed by atoms with E-state index in [-0.39, 0.29) is 55.6 Å². The number of carboxylic acids is 1. The second-order valence-corrected chi connectivity index (χ2v) is 19.6. The molecule has 2 rings (SSSR count). The summed E-state index contributed by atoms with van der Waals surface area (Å²) in [5, 5.41) is 50.4. The molecule has 0 saturated carbocycles. The average molecular weight is 1040 g/mol. The molecule has 22 nitrogen and oxygen atoms in total. The summed E-state index contributed by atoms with van der Waals surface area (Å²) in [5.41, 5.74) is 12.8. The van der Waals surface area contributed by atoms with E-state index in [2.05, 4.69) is 55.2 Å². The second-order valence-electron chi connectivity index (χ2n) is 19.3. The highest BCUT2D eigenvalue weighted by molar-refractivity contribution is 7.80. The summed E-state index contributed by atoms with van der Waals surface area (Å²) in [4.78, 5) is 121. The van der Waals surface area contributed by atoms with Crippen LogP contribution in [0.3, 0.4) is 0 Å². The lowest BCUT2D eigenvalue weighted by molar-refractivity contribution is -0.142. The van der Waals surface area contributed by atoms with Crippen LogP contribution >= 0.6 is 12.6 Å². The Bertz CT molecular complexity index is 2130. The number of nitrogens with one attached hydrogen (secondary N) is 8. The molecular formula is C50H78N10O12S. The topological polar surface area (TPSA) is 363 Å². The van der Waals surface area contributed by atoms with E-state index in [9.17, 15) is 58.5 Å². The van der Waals surface area contributed by atoms with Crippen molar-refractivity contribution in [3.63, 3.8) is 0 Å². The fraction of sp³-hybridized carbons (Fsp3) is 0.580. The zero-order valence-corrected chi connectivity index (χ0v) is 43.7. The van der Waals surface area contributed by atoms with Gasteiger partial charge in [0, 0.05) is 18.6 Å². The lowest BCUT2D eigenvalue weighted by Gasteiger charge is -2.29. The molecule has 15 N–H and O–H groups in total. The van der Waals surface area contributed by atoms with Crippen LogP contribution in [0, 0.1) is 17.8 Å². The van der Waals surface area contributed by atoms with Gasteiger partial charge < -0.3 is 69.3 Å². The third-order valence-electron chi connectivity index (χ3n) is 11.5. The number of benzene rings is 2. The van der Waals surface area contributed by atoms with Crippen molar-refractivity contribution in [2.45, 2.75) is 148 Å². The summed E-state index contributed by atoms with van der Waals surface area (Å²) >= 11 is 4.22. The van der Waals surface area contributed by atoms with Crippen LogP contribution in [0.15, 0.2) is 54.6 Å². The van der Waals surface area contributed by atoms with E-state index < -0.39 is 120 Å². The van der Waals surface area contributed by atoms with Gasteiger partial charge in [-0.1, -0.05) is 84.0 Å². The van der Waals surface area contributed by atoms with Crippen LogP contribution in [0.2, 0.25) is 0 Å². The Balaban J connectivity index is 2.23. The summed E-state index contributed by atoms with van der Waals surface area (Å²) in [7, 11) is 0. The number of aliphatic carboxylic acids is 1. The van der Waals surface area contributed by atoms with Crippen molar-refractivity contribution in [2.24, 2.45) is 29.2 Å². The number of carbonyl (C=O) groups excluding carboxylic acids is 8. The monoisotopic (exact) mass is 1040 g/mol. The molecule has 0 fully saturated rings. The van der Waals surface area contributed by atoms with Crippen molar-refractivity contribution in [2.75, 3.05) is 18.8 Å². The Kier molecular flexibility index (Phi) is 27.5. The van der Waals surface area contributed by atoms with Gasteiger partial charge in [-0.3, -0.25) is 38.4 Å². The number of phenolic OH excluding ortho intramolecular Hbond substituents is 1. The standard InChI is InChI=1S/C50H78N10O12S/c1-27(2)21-34(52)43(64)60-42(30(7)61)49(70)58-39(26-73)47(68)56-36(22-28(3)4)46(67)59-41(29(5)6)48(69)55-35(15-11-12-20-51)44(65)53-25-40(63)54-37(23-31-13-9-8-10-14-31)45(66)57-38(50(71)72)24-32-16-18-33(62)19-17-32/h8-10,13-14,16-19,27-30,34-39,41-42,61-62,73H,11-12,15,20-26,51-52H2,1-7H3,(H,53,65)(H,54,63)(H,55,69)(H,56,68)(H,57,66)(H,58,70)(H,59,67)(H,60,64)(H,71,72)/t30-,34+,35+,36+,37+,38+,39+,41+,42+/m1/s1. The van der Waals surface area contributed by atoms with Crippen LogP contribution in [-0.2, 0) is 56.0 Å². The first-order chi connectivity index (χ1) is 34.4. The number of carbonyl (C=O) groups is 9. The molecule has 8 amide bonds. The predicted octanol–water partition coefficient (Wildman–Crippen LogP) is -0.713. The first-order valence-corrected chi connectivity index (χ1v) is 25.2. The van der Waals surface area contributed by atoms with E-state index in [0.717, 1.165) is 0 Å². The number of thiol groups is 1. The molecule has 406 valence electrons. The largest absolute Gasteiger partial charge is 0.508 e. The van der Waals surface area contributed by atoms with Gasteiger partial charge in [-0.25, -0.2) is 4.79 Å². The first-order valence-electron chi connectivity index (χ1n) is 24.6. The minimum Gasteiger partial charge on any atom is -0.508 e. The number of amides is 8. The lowest BCUT2D eigenvalue weighted by Crippen LogP contribution is -2.61. The summed E-state index contributed by atoms with van der Waals surface area (Å²) in [6.07, 6.45) is -0.175. The molecule has 0 bridgehead atoms. The van der Waals surface area contributed by atoms with Gasteiger partial charge in [-0.05, 0) is 86.6 Å². The number of hydrogen-bond acceptors (Lipinski definition) is 14. The third kappa shape index (κ3) is 23.0. The Morgan fingerprint density at radius 1 is 0.562 bits per heavy atom. The highest BCUT2D eigenvalue weighted by Crippen LogP contribution is 2.14. The van der Waals surface area contributed by atoms with Gasteiger partial charge in [0.2, 0.25) is 47.3 Å². The van der Waals surface area contributed by atoms with Gasteiger partial charge in [0.05, 0.1) is 18.7 Å². The van der Waals surface area contributed by atoms with E-state index in [1.54, 1.807) is 58.0 Å². The Labute approximate surface area is 432 Å². The van der Waals surface area contributed by atoms with E-state index in [1.807, 2.05) is 13.8 Å². The summed E-state index contributed by atoms with van der Waals surface area (Å²) in [5.74, 6) is -8.51. The molecule has 0 aliphatic heterocycles.